The van der Waals surface area contributed by atoms with Crippen molar-refractivity contribution in [1.29, 1.82) is 0 Å². The van der Waals surface area contributed by atoms with Crippen LogP contribution in [-0.2, 0) is 28.6 Å². The highest BCUT2D eigenvalue weighted by molar-refractivity contribution is 5.71. The lowest BCUT2D eigenvalue weighted by molar-refractivity contribution is -0.167. The number of rotatable bonds is 49. The summed E-state index contributed by atoms with van der Waals surface area (Å²) in [6.07, 6.45) is 77.6. The molecule has 0 aromatic heterocycles. The number of carbonyl (C=O) groups excluding carboxylic acids is 3. The molecule has 0 aliphatic carbocycles. The Morgan fingerprint density at radius 1 is 0.304 bits per heavy atom. The molecule has 0 aliphatic heterocycles. The summed E-state index contributed by atoms with van der Waals surface area (Å²) < 4.78 is 16.8. The zero-order valence-electron chi connectivity index (χ0n) is 44.5. The summed E-state index contributed by atoms with van der Waals surface area (Å²) in [6, 6.07) is 0. The first kappa shape index (κ1) is 64.8. The Bertz CT molecular complexity index is 1470. The number of allylic oxidation sites excluding steroid dienone is 20. The van der Waals surface area contributed by atoms with E-state index < -0.39 is 6.10 Å². The van der Waals surface area contributed by atoms with Crippen LogP contribution in [0, 0.1) is 0 Å². The van der Waals surface area contributed by atoms with Gasteiger partial charge in [-0.25, -0.2) is 0 Å². The topological polar surface area (TPSA) is 78.9 Å². The zero-order chi connectivity index (χ0) is 50.0. The molecule has 0 N–H and O–H groups in total. The Labute approximate surface area is 424 Å². The Morgan fingerprint density at radius 3 is 0.884 bits per heavy atom. The smallest absolute Gasteiger partial charge is 0.306 e. The molecule has 1 atom stereocenters. The molecular weight excluding hydrogens is 853 g/mol. The Hall–Kier alpha value is -4.19. The second-order valence-corrected chi connectivity index (χ2v) is 18.1. The van der Waals surface area contributed by atoms with Crippen LogP contribution >= 0.6 is 0 Å². The van der Waals surface area contributed by atoms with E-state index in [2.05, 4.69) is 142 Å². The van der Waals surface area contributed by atoms with E-state index >= 15 is 0 Å². The molecule has 0 radical (unpaired) electrons. The minimum absolute atomic E-state index is 0.0989. The summed E-state index contributed by atoms with van der Waals surface area (Å²) in [5, 5.41) is 0. The summed E-state index contributed by atoms with van der Waals surface area (Å²) in [6.45, 7) is 6.35. The van der Waals surface area contributed by atoms with E-state index in [-0.39, 0.29) is 31.1 Å². The lowest BCUT2D eigenvalue weighted by Gasteiger charge is -2.18. The number of carbonyl (C=O) groups is 3. The second kappa shape index (κ2) is 56.4. The van der Waals surface area contributed by atoms with Crippen molar-refractivity contribution in [1.82, 2.24) is 0 Å². The van der Waals surface area contributed by atoms with Gasteiger partial charge in [0.15, 0.2) is 6.10 Å². The maximum atomic E-state index is 12.8. The van der Waals surface area contributed by atoms with Crippen molar-refractivity contribution in [2.75, 3.05) is 13.2 Å². The van der Waals surface area contributed by atoms with Crippen molar-refractivity contribution in [3.05, 3.63) is 122 Å². The molecule has 0 aromatic carbocycles. The first-order valence-electron chi connectivity index (χ1n) is 28.0. The van der Waals surface area contributed by atoms with Gasteiger partial charge in [0, 0.05) is 19.3 Å². The fourth-order valence-electron chi connectivity index (χ4n) is 7.23. The maximum Gasteiger partial charge on any atom is 0.306 e. The number of unbranched alkanes of at least 4 members (excludes halogenated alkanes) is 18. The highest BCUT2D eigenvalue weighted by Gasteiger charge is 2.19. The molecule has 0 spiro atoms. The summed E-state index contributed by atoms with van der Waals surface area (Å²) in [5.74, 6) is -0.946. The lowest BCUT2D eigenvalue weighted by Crippen LogP contribution is -2.30. The molecule has 6 heteroatoms. The standard InChI is InChI=1S/C63H102O6/c1-4-7-10-13-16-19-22-25-26-27-28-29-30-31-32-33-34-35-36-39-41-44-47-50-53-56-62(65)68-59-60(69-63(66)57-54-51-48-45-42-38-24-21-18-15-12-9-6-3)58-67-61(64)55-52-49-46-43-40-37-23-20-17-14-11-8-5-2/h7,10-12,14-16,19-21,23-26,28-29,31-32,34-35,60H,4-6,8-9,13,17-18,22,27,30,33,36-59H2,1-3H3/b10-7-,14-11-,15-12-,19-16-,23-20-,24-21-,26-25-,29-28-,32-31-,35-34-. The van der Waals surface area contributed by atoms with E-state index in [1.807, 2.05) is 0 Å². The third-order valence-corrected chi connectivity index (χ3v) is 11.4. The number of ether oxygens (including phenoxy) is 3. The van der Waals surface area contributed by atoms with E-state index in [9.17, 15) is 14.4 Å². The van der Waals surface area contributed by atoms with Crippen molar-refractivity contribution in [3.63, 3.8) is 0 Å². The summed E-state index contributed by atoms with van der Waals surface area (Å²) in [7, 11) is 0. The van der Waals surface area contributed by atoms with Gasteiger partial charge in [0.25, 0.3) is 0 Å². The Balaban J connectivity index is 4.38. The predicted molar refractivity (Wildman–Crippen MR) is 297 cm³/mol. The van der Waals surface area contributed by atoms with Crippen molar-refractivity contribution in [2.45, 2.75) is 245 Å². The lowest BCUT2D eigenvalue weighted by atomic mass is 10.1. The van der Waals surface area contributed by atoms with Gasteiger partial charge in [0.05, 0.1) is 0 Å². The van der Waals surface area contributed by atoms with Gasteiger partial charge in [-0.05, 0) is 122 Å². The molecule has 0 aromatic rings. The third kappa shape index (κ3) is 54.6. The Morgan fingerprint density at radius 2 is 0.565 bits per heavy atom. The quantitative estimate of drug-likeness (QED) is 0.0262. The van der Waals surface area contributed by atoms with Gasteiger partial charge in [0.2, 0.25) is 0 Å². The van der Waals surface area contributed by atoms with Gasteiger partial charge >= 0.3 is 17.9 Å². The Kier molecular flexibility index (Phi) is 53.0. The first-order valence-corrected chi connectivity index (χ1v) is 28.0. The molecular formula is C63H102O6. The van der Waals surface area contributed by atoms with Crippen LogP contribution in [0.1, 0.15) is 239 Å². The molecule has 0 heterocycles. The van der Waals surface area contributed by atoms with Gasteiger partial charge in [-0.2, -0.15) is 0 Å². The molecule has 0 rings (SSSR count). The molecule has 0 saturated carbocycles. The summed E-state index contributed by atoms with van der Waals surface area (Å²) >= 11 is 0. The van der Waals surface area contributed by atoms with Gasteiger partial charge in [-0.15, -0.1) is 0 Å². The molecule has 69 heavy (non-hydrogen) atoms. The first-order chi connectivity index (χ1) is 34.0. The third-order valence-electron chi connectivity index (χ3n) is 11.4. The SMILES string of the molecule is CC/C=C\C/C=C\C/C=C\C/C=C\C/C=C\C/C=C\CCCCCCCCC(=O)OCC(COC(=O)CCCCCCC/C=C\C/C=C\CCC)OC(=O)CCCCCCC/C=C\C/C=C\CCC. The van der Waals surface area contributed by atoms with Crippen molar-refractivity contribution in [3.8, 4) is 0 Å². The van der Waals surface area contributed by atoms with Crippen molar-refractivity contribution < 1.29 is 28.6 Å². The highest BCUT2D eigenvalue weighted by Crippen LogP contribution is 2.13. The monoisotopic (exact) mass is 955 g/mol. The van der Waals surface area contributed by atoms with Crippen LogP contribution in [0.3, 0.4) is 0 Å². The van der Waals surface area contributed by atoms with Crippen LogP contribution in [0.15, 0.2) is 122 Å². The van der Waals surface area contributed by atoms with Gasteiger partial charge in [0.1, 0.15) is 13.2 Å². The fraction of sp³-hybridized carbons (Fsp3) is 0.635. The van der Waals surface area contributed by atoms with Crippen LogP contribution in [0.4, 0.5) is 0 Å². The summed E-state index contributed by atoms with van der Waals surface area (Å²) in [4.78, 5) is 38.1. The minimum Gasteiger partial charge on any atom is -0.462 e. The number of hydrogen-bond donors (Lipinski definition) is 0. The average Bonchev–Trinajstić information content (AvgIpc) is 3.35. The van der Waals surface area contributed by atoms with Crippen LogP contribution in [0.2, 0.25) is 0 Å². The van der Waals surface area contributed by atoms with E-state index in [0.717, 1.165) is 173 Å². The molecule has 0 aliphatic rings. The van der Waals surface area contributed by atoms with Gasteiger partial charge in [-0.1, -0.05) is 219 Å². The molecule has 0 bridgehead atoms. The molecule has 390 valence electrons. The molecule has 0 fully saturated rings. The minimum atomic E-state index is -0.801. The van der Waals surface area contributed by atoms with E-state index in [1.165, 1.54) is 25.7 Å². The highest BCUT2D eigenvalue weighted by atomic mass is 16.6. The summed E-state index contributed by atoms with van der Waals surface area (Å²) in [5.41, 5.74) is 0. The molecule has 0 amide bonds. The van der Waals surface area contributed by atoms with Crippen LogP contribution in [0.25, 0.3) is 0 Å². The van der Waals surface area contributed by atoms with Crippen LogP contribution in [0.5, 0.6) is 0 Å². The zero-order valence-corrected chi connectivity index (χ0v) is 44.5. The normalized spacial score (nSPS) is 13.0. The second-order valence-electron chi connectivity index (χ2n) is 18.1. The van der Waals surface area contributed by atoms with Crippen LogP contribution in [-0.4, -0.2) is 37.2 Å². The number of hydrogen-bond acceptors (Lipinski definition) is 6. The van der Waals surface area contributed by atoms with E-state index in [0.29, 0.717) is 19.3 Å². The molecule has 0 saturated heterocycles. The average molecular weight is 956 g/mol. The largest absolute Gasteiger partial charge is 0.462 e. The van der Waals surface area contributed by atoms with Crippen molar-refractivity contribution in [2.24, 2.45) is 0 Å². The fourth-order valence-corrected chi connectivity index (χ4v) is 7.23. The number of esters is 3. The van der Waals surface area contributed by atoms with Crippen LogP contribution < -0.4 is 0 Å². The van der Waals surface area contributed by atoms with Crippen molar-refractivity contribution >= 4 is 17.9 Å². The van der Waals surface area contributed by atoms with E-state index in [4.69, 9.17) is 14.2 Å². The van der Waals surface area contributed by atoms with Gasteiger partial charge < -0.3 is 14.2 Å². The van der Waals surface area contributed by atoms with E-state index in [1.54, 1.807) is 0 Å². The molecule has 6 nitrogen and oxygen atoms in total. The predicted octanol–water partition coefficient (Wildman–Crippen LogP) is 18.9. The molecule has 1 unspecified atom stereocenters. The van der Waals surface area contributed by atoms with Gasteiger partial charge in [-0.3, -0.25) is 14.4 Å². The maximum absolute atomic E-state index is 12.8.